The molecule has 0 aliphatic heterocycles. The van der Waals surface area contributed by atoms with E-state index in [4.69, 9.17) is 10.7 Å². The Morgan fingerprint density at radius 2 is 2.27 bits per heavy atom. The molecule has 1 rings (SSSR count). The van der Waals surface area contributed by atoms with Crippen LogP contribution in [0.2, 0.25) is 0 Å². The number of hydrogen-bond acceptors (Lipinski definition) is 4. The molecule has 0 aromatic heterocycles. The summed E-state index contributed by atoms with van der Waals surface area (Å²) < 4.78 is 15.9. The van der Waals surface area contributed by atoms with Crippen molar-refractivity contribution >= 4 is 11.1 Å². The first-order valence-electron chi connectivity index (χ1n) is 4.52. The molecule has 0 aliphatic rings. The minimum Gasteiger partial charge on any atom is -0.295 e. The quantitative estimate of drug-likeness (QED) is 0.772. The summed E-state index contributed by atoms with van der Waals surface area (Å²) in [5, 5.41) is 0. The first-order chi connectivity index (χ1) is 7.17. The fraction of sp³-hybridized carbons (Fsp3) is 0.400. The fourth-order valence-corrected chi connectivity index (χ4v) is 1.93. The summed E-state index contributed by atoms with van der Waals surface area (Å²) in [6, 6.07) is 7.72. The maximum atomic E-state index is 11.2. The van der Waals surface area contributed by atoms with Crippen LogP contribution in [0.25, 0.3) is 0 Å². The molecule has 0 fully saturated rings. The number of nitrogens with two attached hydrogens (primary N) is 1. The van der Waals surface area contributed by atoms with Gasteiger partial charge in [0.25, 0.3) is 0 Å². The molecule has 0 heterocycles. The molecular formula is C10H15NO3S. The number of rotatable bonds is 5. The van der Waals surface area contributed by atoms with E-state index < -0.39 is 17.2 Å². The van der Waals surface area contributed by atoms with Gasteiger partial charge in [0.15, 0.2) is 11.1 Å². The van der Waals surface area contributed by atoms with Crippen molar-refractivity contribution in [1.29, 1.82) is 0 Å². The van der Waals surface area contributed by atoms with Gasteiger partial charge in [0, 0.05) is 0 Å². The van der Waals surface area contributed by atoms with Crippen LogP contribution >= 0.6 is 0 Å². The van der Waals surface area contributed by atoms with Gasteiger partial charge in [-0.3, -0.25) is 9.02 Å². The van der Waals surface area contributed by atoms with Crippen LogP contribution in [-0.4, -0.2) is 17.1 Å². The normalized spacial score (nSPS) is 14.9. The Balaban J connectivity index is 2.78. The first-order valence-corrected chi connectivity index (χ1v) is 5.76. The predicted octanol–water partition coefficient (Wildman–Crippen LogP) is 1.24. The lowest BCUT2D eigenvalue weighted by atomic mass is 10.1. The minimum absolute atomic E-state index is 0.233. The van der Waals surface area contributed by atoms with E-state index in [2.05, 4.69) is 4.18 Å². The van der Waals surface area contributed by atoms with E-state index in [-0.39, 0.29) is 5.75 Å². The average Bonchev–Trinajstić information content (AvgIpc) is 2.25. The van der Waals surface area contributed by atoms with Crippen molar-refractivity contribution in [1.82, 2.24) is 0 Å². The van der Waals surface area contributed by atoms with E-state index >= 15 is 0 Å². The third kappa shape index (κ3) is 3.71. The Bertz CT molecular complexity index is 343. The highest BCUT2D eigenvalue weighted by molar-refractivity contribution is 7.80. The monoisotopic (exact) mass is 229 g/mol. The summed E-state index contributed by atoms with van der Waals surface area (Å²) in [7, 11) is 1.39. The van der Waals surface area contributed by atoms with E-state index in [9.17, 15) is 4.21 Å². The van der Waals surface area contributed by atoms with Crippen LogP contribution in [0.4, 0.5) is 0 Å². The van der Waals surface area contributed by atoms with Crippen molar-refractivity contribution in [2.45, 2.75) is 13.0 Å². The Morgan fingerprint density at radius 3 is 2.80 bits per heavy atom. The highest BCUT2D eigenvalue weighted by Gasteiger charge is 2.15. The molecule has 0 spiro atoms. The van der Waals surface area contributed by atoms with Gasteiger partial charge in [-0.05, 0) is 12.5 Å². The van der Waals surface area contributed by atoms with E-state index in [1.807, 2.05) is 31.2 Å². The van der Waals surface area contributed by atoms with E-state index in [0.717, 1.165) is 11.1 Å². The smallest absolute Gasteiger partial charge is 0.158 e. The van der Waals surface area contributed by atoms with Crippen molar-refractivity contribution in [3.8, 4) is 0 Å². The van der Waals surface area contributed by atoms with Crippen molar-refractivity contribution in [2.75, 3.05) is 12.9 Å². The zero-order valence-corrected chi connectivity index (χ0v) is 9.62. The molecule has 15 heavy (non-hydrogen) atoms. The summed E-state index contributed by atoms with van der Waals surface area (Å²) in [5.74, 6) is 5.40. The third-order valence-electron chi connectivity index (χ3n) is 2.05. The summed E-state index contributed by atoms with van der Waals surface area (Å²) >= 11 is -1.37. The average molecular weight is 229 g/mol. The van der Waals surface area contributed by atoms with Crippen LogP contribution in [0.15, 0.2) is 24.3 Å². The van der Waals surface area contributed by atoms with Gasteiger partial charge in [0.1, 0.15) is 6.10 Å². The zero-order chi connectivity index (χ0) is 11.3. The lowest BCUT2D eigenvalue weighted by Gasteiger charge is -2.13. The number of hydrogen-bond donors (Lipinski definition) is 1. The lowest BCUT2D eigenvalue weighted by Crippen LogP contribution is -2.17. The second-order valence-electron chi connectivity index (χ2n) is 3.18. The SMILES string of the molecule is COS(=O)CC(ON)c1cccc(C)c1. The molecule has 5 heteroatoms. The van der Waals surface area contributed by atoms with Gasteiger partial charge >= 0.3 is 0 Å². The molecule has 1 aromatic carbocycles. The van der Waals surface area contributed by atoms with Crippen LogP contribution in [0.5, 0.6) is 0 Å². The van der Waals surface area contributed by atoms with Crippen LogP contribution in [-0.2, 0) is 20.1 Å². The standard InChI is InChI=1S/C10H15NO3S/c1-8-4-3-5-9(6-8)10(14-11)7-15(12)13-2/h3-6,10H,7,11H2,1-2H3. The molecule has 2 N–H and O–H groups in total. The summed E-state index contributed by atoms with van der Waals surface area (Å²) in [4.78, 5) is 4.79. The Labute approximate surface area is 92.0 Å². The van der Waals surface area contributed by atoms with Gasteiger partial charge in [-0.2, -0.15) is 0 Å². The summed E-state index contributed by atoms with van der Waals surface area (Å²) in [5.41, 5.74) is 2.01. The van der Waals surface area contributed by atoms with Gasteiger partial charge in [-0.1, -0.05) is 29.8 Å². The molecule has 0 amide bonds. The molecule has 0 aliphatic carbocycles. The van der Waals surface area contributed by atoms with E-state index in [1.165, 1.54) is 7.11 Å². The predicted molar refractivity (Wildman–Crippen MR) is 59.2 cm³/mol. The van der Waals surface area contributed by atoms with Crippen LogP contribution < -0.4 is 5.90 Å². The van der Waals surface area contributed by atoms with Gasteiger partial charge in [-0.25, -0.2) is 10.1 Å². The highest BCUT2D eigenvalue weighted by atomic mass is 32.2. The Kier molecular flexibility index (Phi) is 4.90. The van der Waals surface area contributed by atoms with Crippen molar-refractivity contribution < 1.29 is 13.2 Å². The lowest BCUT2D eigenvalue weighted by molar-refractivity contribution is 0.0681. The molecule has 0 bridgehead atoms. The van der Waals surface area contributed by atoms with Gasteiger partial charge in [0.2, 0.25) is 0 Å². The molecule has 2 unspecified atom stereocenters. The van der Waals surface area contributed by atoms with Crippen LogP contribution in [0, 0.1) is 6.92 Å². The Hall–Kier alpha value is -0.750. The molecule has 4 nitrogen and oxygen atoms in total. The molecule has 0 radical (unpaired) electrons. The van der Waals surface area contributed by atoms with Gasteiger partial charge < -0.3 is 0 Å². The van der Waals surface area contributed by atoms with E-state index in [1.54, 1.807) is 0 Å². The van der Waals surface area contributed by atoms with Gasteiger partial charge in [0.05, 0.1) is 12.9 Å². The first kappa shape index (κ1) is 12.3. The number of aryl methyl sites for hydroxylation is 1. The molecule has 1 aromatic rings. The molecular weight excluding hydrogens is 214 g/mol. The minimum atomic E-state index is -1.37. The summed E-state index contributed by atoms with van der Waals surface area (Å²) in [6.07, 6.45) is -0.398. The largest absolute Gasteiger partial charge is 0.295 e. The van der Waals surface area contributed by atoms with E-state index in [0.29, 0.717) is 0 Å². The van der Waals surface area contributed by atoms with Crippen LogP contribution in [0.1, 0.15) is 17.2 Å². The number of benzene rings is 1. The second kappa shape index (κ2) is 5.97. The molecule has 2 atom stereocenters. The maximum absolute atomic E-state index is 11.2. The highest BCUT2D eigenvalue weighted by Crippen LogP contribution is 2.18. The summed E-state index contributed by atoms with van der Waals surface area (Å²) in [6.45, 7) is 1.98. The molecule has 0 saturated carbocycles. The molecule has 0 saturated heterocycles. The second-order valence-corrected chi connectivity index (χ2v) is 4.45. The van der Waals surface area contributed by atoms with Crippen molar-refractivity contribution in [2.24, 2.45) is 5.90 Å². The van der Waals surface area contributed by atoms with Crippen LogP contribution in [0.3, 0.4) is 0 Å². The fourth-order valence-electron chi connectivity index (χ4n) is 1.28. The zero-order valence-electron chi connectivity index (χ0n) is 8.80. The van der Waals surface area contributed by atoms with Crippen molar-refractivity contribution in [3.05, 3.63) is 35.4 Å². The van der Waals surface area contributed by atoms with Gasteiger partial charge in [-0.15, -0.1) is 0 Å². The molecule has 84 valence electrons. The topological polar surface area (TPSA) is 61.5 Å². The van der Waals surface area contributed by atoms with Crippen molar-refractivity contribution in [3.63, 3.8) is 0 Å². The third-order valence-corrected chi connectivity index (χ3v) is 3.00. The maximum Gasteiger partial charge on any atom is 0.158 e. The Morgan fingerprint density at radius 1 is 1.53 bits per heavy atom.